The monoisotopic (exact) mass is 238 g/mol. The first-order chi connectivity index (χ1) is 5.59. The third-order valence-electron chi connectivity index (χ3n) is 1.46. The molecule has 1 rings (SSSR count). The minimum absolute atomic E-state index is 0. The highest BCUT2D eigenvalue weighted by Gasteiger charge is 2.01. The number of nitrogens with two attached hydrogens (primary N) is 1. The van der Waals surface area contributed by atoms with Gasteiger partial charge in [-0.25, -0.2) is 0 Å². The van der Waals surface area contributed by atoms with Crippen molar-refractivity contribution in [2.45, 2.75) is 19.9 Å². The second-order valence-corrected chi connectivity index (χ2v) is 3.08. The molecule has 5 heteroatoms. The summed E-state index contributed by atoms with van der Waals surface area (Å²) in [5, 5.41) is 12.4. The van der Waals surface area contributed by atoms with E-state index in [0.717, 1.165) is 0 Å². The Labute approximate surface area is 96.5 Å². The number of rotatable bonds is 2. The summed E-state index contributed by atoms with van der Waals surface area (Å²) < 4.78 is 0. The molecule has 0 aliphatic carbocycles. The van der Waals surface area contributed by atoms with Gasteiger partial charge in [-0.2, -0.15) is 0 Å². The average molecular weight is 239 g/mol. The average Bonchev–Trinajstić information content (AvgIpc) is 1.96. The van der Waals surface area contributed by atoms with E-state index >= 15 is 0 Å². The lowest BCUT2D eigenvalue weighted by Crippen LogP contribution is -2.09. The van der Waals surface area contributed by atoms with Crippen LogP contribution in [0.25, 0.3) is 0 Å². The molecule has 0 aromatic heterocycles. The molecule has 82 valence electrons. The zero-order valence-corrected chi connectivity index (χ0v) is 9.78. The molecule has 1 aromatic rings. The largest absolute Gasteiger partial charge is 0.506 e. The van der Waals surface area contributed by atoms with E-state index < -0.39 is 0 Å². The van der Waals surface area contributed by atoms with Crippen LogP contribution in [0.5, 0.6) is 5.75 Å². The van der Waals surface area contributed by atoms with Gasteiger partial charge in [-0.15, -0.1) is 24.8 Å². The van der Waals surface area contributed by atoms with Crippen LogP contribution in [-0.2, 0) is 0 Å². The number of benzene rings is 1. The number of nitrogen functional groups attached to an aromatic ring is 1. The first-order valence-electron chi connectivity index (χ1n) is 3.94. The van der Waals surface area contributed by atoms with Gasteiger partial charge in [-0.05, 0) is 32.0 Å². The maximum atomic E-state index is 9.37. The zero-order chi connectivity index (χ0) is 9.14. The van der Waals surface area contributed by atoms with Crippen LogP contribution in [-0.4, -0.2) is 11.1 Å². The molecule has 0 amide bonds. The number of hydrogen-bond donors (Lipinski definition) is 3. The van der Waals surface area contributed by atoms with E-state index in [1.165, 1.54) is 0 Å². The van der Waals surface area contributed by atoms with Gasteiger partial charge in [-0.3, -0.25) is 0 Å². The van der Waals surface area contributed by atoms with E-state index in [4.69, 9.17) is 5.73 Å². The Kier molecular flexibility index (Phi) is 7.41. The van der Waals surface area contributed by atoms with Gasteiger partial charge in [0.1, 0.15) is 5.75 Å². The standard InChI is InChI=1S/C9H14N2O.2ClH/c1-6(2)11-8-5-7(10)3-4-9(8)12;;/h3-6,11-12H,10H2,1-2H3;2*1H. The Hall–Kier alpha value is -0.800. The van der Waals surface area contributed by atoms with Crippen molar-refractivity contribution >= 4 is 36.2 Å². The van der Waals surface area contributed by atoms with E-state index in [1.807, 2.05) is 13.8 Å². The number of nitrogens with one attached hydrogen (secondary N) is 1. The number of phenols is 1. The third-order valence-corrected chi connectivity index (χ3v) is 1.46. The molecule has 0 aliphatic heterocycles. The van der Waals surface area contributed by atoms with Crippen LogP contribution in [0.2, 0.25) is 0 Å². The van der Waals surface area contributed by atoms with Crippen molar-refractivity contribution in [2.24, 2.45) is 0 Å². The van der Waals surface area contributed by atoms with Gasteiger partial charge in [0.25, 0.3) is 0 Å². The van der Waals surface area contributed by atoms with Crippen molar-refractivity contribution in [3.05, 3.63) is 18.2 Å². The Morgan fingerprint density at radius 1 is 1.29 bits per heavy atom. The van der Waals surface area contributed by atoms with E-state index in [9.17, 15) is 5.11 Å². The zero-order valence-electron chi connectivity index (χ0n) is 8.15. The van der Waals surface area contributed by atoms with Crippen LogP contribution in [0.15, 0.2) is 18.2 Å². The van der Waals surface area contributed by atoms with Crippen LogP contribution >= 0.6 is 24.8 Å². The molecule has 0 spiro atoms. The summed E-state index contributed by atoms with van der Waals surface area (Å²) in [7, 11) is 0. The summed E-state index contributed by atoms with van der Waals surface area (Å²) in [6.45, 7) is 4.01. The molecule has 0 saturated carbocycles. The van der Waals surface area contributed by atoms with Crippen molar-refractivity contribution in [1.29, 1.82) is 0 Å². The summed E-state index contributed by atoms with van der Waals surface area (Å²) >= 11 is 0. The Bertz CT molecular complexity index is 280. The smallest absolute Gasteiger partial charge is 0.138 e. The number of hydrogen-bond acceptors (Lipinski definition) is 3. The summed E-state index contributed by atoms with van der Waals surface area (Å²) in [4.78, 5) is 0. The molecular weight excluding hydrogens is 223 g/mol. The van der Waals surface area contributed by atoms with Gasteiger partial charge in [0.15, 0.2) is 0 Å². The van der Waals surface area contributed by atoms with E-state index in [1.54, 1.807) is 18.2 Å². The molecule has 0 radical (unpaired) electrons. The second kappa shape index (κ2) is 6.62. The fraction of sp³-hybridized carbons (Fsp3) is 0.333. The second-order valence-electron chi connectivity index (χ2n) is 3.08. The van der Waals surface area contributed by atoms with Crippen LogP contribution < -0.4 is 11.1 Å². The molecule has 0 saturated heterocycles. The van der Waals surface area contributed by atoms with Gasteiger partial charge in [0.2, 0.25) is 0 Å². The van der Waals surface area contributed by atoms with Gasteiger partial charge in [0.05, 0.1) is 5.69 Å². The molecule has 0 aliphatic rings. The number of halogens is 2. The number of phenolic OH excluding ortho intramolecular Hbond substituents is 1. The molecule has 0 unspecified atom stereocenters. The molecule has 4 N–H and O–H groups in total. The first-order valence-corrected chi connectivity index (χ1v) is 3.94. The molecule has 1 aromatic carbocycles. The summed E-state index contributed by atoms with van der Waals surface area (Å²) in [6, 6.07) is 5.26. The van der Waals surface area contributed by atoms with Crippen LogP contribution in [0.4, 0.5) is 11.4 Å². The molecule has 3 nitrogen and oxygen atoms in total. The van der Waals surface area contributed by atoms with Gasteiger partial charge in [0, 0.05) is 11.7 Å². The fourth-order valence-corrected chi connectivity index (χ4v) is 0.980. The predicted octanol–water partition coefficient (Wildman–Crippen LogP) is 2.64. The van der Waals surface area contributed by atoms with E-state index in [0.29, 0.717) is 11.4 Å². The predicted molar refractivity (Wildman–Crippen MR) is 65.8 cm³/mol. The first kappa shape index (κ1) is 15.7. The summed E-state index contributed by atoms with van der Waals surface area (Å²) in [5.74, 6) is 0.234. The molecular formula is C9H16Cl2N2O. The van der Waals surface area contributed by atoms with Crippen molar-refractivity contribution in [2.75, 3.05) is 11.1 Å². The quantitative estimate of drug-likeness (QED) is 0.422. The molecule has 0 heterocycles. The molecule has 0 bridgehead atoms. The molecule has 14 heavy (non-hydrogen) atoms. The highest BCUT2D eigenvalue weighted by atomic mass is 35.5. The Morgan fingerprint density at radius 2 is 1.86 bits per heavy atom. The van der Waals surface area contributed by atoms with Gasteiger partial charge in [-0.1, -0.05) is 0 Å². The summed E-state index contributed by atoms with van der Waals surface area (Å²) in [6.07, 6.45) is 0. The molecule has 0 atom stereocenters. The highest BCUT2D eigenvalue weighted by Crippen LogP contribution is 2.25. The van der Waals surface area contributed by atoms with Crippen molar-refractivity contribution < 1.29 is 5.11 Å². The van der Waals surface area contributed by atoms with Gasteiger partial charge < -0.3 is 16.2 Å². The normalized spacial score (nSPS) is 8.79. The van der Waals surface area contributed by atoms with Crippen LogP contribution in [0.3, 0.4) is 0 Å². The lowest BCUT2D eigenvalue weighted by molar-refractivity contribution is 0.477. The van der Waals surface area contributed by atoms with Crippen molar-refractivity contribution in [1.82, 2.24) is 0 Å². The maximum absolute atomic E-state index is 9.37. The van der Waals surface area contributed by atoms with E-state index in [2.05, 4.69) is 5.32 Å². The number of aromatic hydroxyl groups is 1. The summed E-state index contributed by atoms with van der Waals surface area (Å²) in [5.41, 5.74) is 6.89. The van der Waals surface area contributed by atoms with Crippen LogP contribution in [0.1, 0.15) is 13.8 Å². The lowest BCUT2D eigenvalue weighted by Gasteiger charge is -2.11. The van der Waals surface area contributed by atoms with Crippen molar-refractivity contribution in [3.8, 4) is 5.75 Å². The fourth-order valence-electron chi connectivity index (χ4n) is 0.980. The van der Waals surface area contributed by atoms with Crippen molar-refractivity contribution in [3.63, 3.8) is 0 Å². The maximum Gasteiger partial charge on any atom is 0.138 e. The van der Waals surface area contributed by atoms with Gasteiger partial charge >= 0.3 is 0 Å². The highest BCUT2D eigenvalue weighted by molar-refractivity contribution is 5.85. The number of anilines is 2. The van der Waals surface area contributed by atoms with Crippen LogP contribution in [0, 0.1) is 0 Å². The third kappa shape index (κ3) is 4.44. The minimum atomic E-state index is 0. The SMILES string of the molecule is CC(C)Nc1cc(N)ccc1O.Cl.Cl. The lowest BCUT2D eigenvalue weighted by atomic mass is 10.2. The molecule has 0 fully saturated rings. The topological polar surface area (TPSA) is 58.3 Å². The Morgan fingerprint density at radius 3 is 2.36 bits per heavy atom. The minimum Gasteiger partial charge on any atom is -0.506 e. The Balaban J connectivity index is 0. The van der Waals surface area contributed by atoms with E-state index in [-0.39, 0.29) is 36.6 Å².